The average Bonchev–Trinajstić information content (AvgIpc) is 3.76. The molecule has 5 aromatic rings. The van der Waals surface area contributed by atoms with Gasteiger partial charge >= 0.3 is 0 Å². The van der Waals surface area contributed by atoms with Gasteiger partial charge in [-0.15, -0.1) is 5.10 Å². The van der Waals surface area contributed by atoms with Crippen LogP contribution < -0.4 is 10.1 Å². The van der Waals surface area contributed by atoms with Crippen molar-refractivity contribution in [2.75, 3.05) is 7.11 Å². The number of aromatic nitrogens is 6. The molecule has 4 heterocycles. The summed E-state index contributed by atoms with van der Waals surface area (Å²) in [5.41, 5.74) is 10.1. The Morgan fingerprint density at radius 1 is 0.975 bits per heavy atom. The summed E-state index contributed by atoms with van der Waals surface area (Å²) in [6, 6.07) is 20.0. The van der Waals surface area contributed by atoms with Crippen molar-refractivity contribution in [3.63, 3.8) is 0 Å². The molecule has 0 radical (unpaired) electrons. The number of hydrogen-bond donors (Lipinski definition) is 1. The maximum atomic E-state index is 13.2. The Balaban J connectivity index is 1.10. The highest BCUT2D eigenvalue weighted by Crippen LogP contribution is 2.54. The van der Waals surface area contributed by atoms with Crippen LogP contribution in [0.1, 0.15) is 67.3 Å². The maximum Gasteiger partial charge on any atom is 0.251 e. The molecule has 1 N–H and O–H groups in total. The predicted octanol–water partition coefficient (Wildman–Crippen LogP) is 3.98. The molecule has 2 atom stereocenters. The summed E-state index contributed by atoms with van der Waals surface area (Å²) in [4.78, 5) is 13.2. The average molecular weight is 534 g/mol. The van der Waals surface area contributed by atoms with Crippen LogP contribution in [0, 0.1) is 13.8 Å². The lowest BCUT2D eigenvalue weighted by atomic mass is 9.84. The van der Waals surface area contributed by atoms with Crippen LogP contribution in [0.15, 0.2) is 67.0 Å². The molecule has 2 aliphatic rings. The third-order valence-electron chi connectivity index (χ3n) is 7.66. The quantitative estimate of drug-likeness (QED) is 0.337. The lowest BCUT2D eigenvalue weighted by Crippen LogP contribution is -2.24. The molecule has 10 heteroatoms. The Kier molecular flexibility index (Phi) is 5.71. The molecule has 7 rings (SSSR count). The van der Waals surface area contributed by atoms with Crippen LogP contribution in [0.4, 0.5) is 0 Å². The van der Waals surface area contributed by atoms with Crippen molar-refractivity contribution in [1.82, 2.24) is 35.3 Å². The van der Waals surface area contributed by atoms with Gasteiger partial charge in [-0.25, -0.2) is 4.68 Å². The summed E-state index contributed by atoms with van der Waals surface area (Å²) in [7, 11) is 1.61. The molecule has 0 spiro atoms. The lowest BCUT2D eigenvalue weighted by Gasteiger charge is -2.18. The van der Waals surface area contributed by atoms with E-state index < -0.39 is 0 Å². The number of hydrogen-bond acceptors (Lipinski definition) is 7. The van der Waals surface area contributed by atoms with Crippen molar-refractivity contribution in [1.29, 1.82) is 0 Å². The van der Waals surface area contributed by atoms with E-state index in [0.717, 1.165) is 45.9 Å². The second-order valence-corrected chi connectivity index (χ2v) is 10.2. The first-order chi connectivity index (χ1) is 19.5. The molecule has 0 saturated carbocycles. The van der Waals surface area contributed by atoms with Gasteiger partial charge in [-0.2, -0.15) is 5.10 Å². The first kappa shape index (κ1) is 24.2. The number of nitrogens with one attached hydrogen (secondary N) is 1. The minimum absolute atomic E-state index is 0.122. The van der Waals surface area contributed by atoms with Crippen molar-refractivity contribution < 1.29 is 14.3 Å². The molecule has 10 nitrogen and oxygen atoms in total. The number of fused-ring (bicyclic) bond motifs is 8. The number of aryl methyl sites for hydroxylation is 2. The van der Waals surface area contributed by atoms with Crippen molar-refractivity contribution >= 4 is 5.91 Å². The third-order valence-corrected chi connectivity index (χ3v) is 7.66. The highest BCUT2D eigenvalue weighted by molar-refractivity contribution is 5.94. The number of carbonyl (C=O) groups excluding carboxylic acids is 1. The van der Waals surface area contributed by atoms with Gasteiger partial charge in [-0.3, -0.25) is 9.48 Å². The molecule has 200 valence electrons. The molecule has 40 heavy (non-hydrogen) atoms. The van der Waals surface area contributed by atoms with Gasteiger partial charge in [-0.1, -0.05) is 24.3 Å². The van der Waals surface area contributed by atoms with Gasteiger partial charge in [0.05, 0.1) is 25.0 Å². The summed E-state index contributed by atoms with van der Waals surface area (Å²) in [6.07, 6.45) is 1.22. The van der Waals surface area contributed by atoms with Crippen LogP contribution in [0.3, 0.4) is 0 Å². The van der Waals surface area contributed by atoms with Gasteiger partial charge in [0.15, 0.2) is 0 Å². The monoisotopic (exact) mass is 533 g/mol. The molecule has 2 aliphatic heterocycles. The minimum atomic E-state index is -0.171. The molecular weight excluding hydrogens is 506 g/mol. The highest BCUT2D eigenvalue weighted by atomic mass is 16.5. The number of tetrazole rings is 1. The van der Waals surface area contributed by atoms with E-state index in [1.54, 1.807) is 11.8 Å². The number of carbonyl (C=O) groups is 1. The fraction of sp³-hybridized carbons (Fsp3) is 0.233. The summed E-state index contributed by atoms with van der Waals surface area (Å²) in [6.45, 7) is 5.09. The van der Waals surface area contributed by atoms with E-state index >= 15 is 0 Å². The van der Waals surface area contributed by atoms with Gasteiger partial charge in [-0.05, 0) is 88.5 Å². The van der Waals surface area contributed by atoms with Crippen LogP contribution in [-0.4, -0.2) is 43.0 Å². The second-order valence-electron chi connectivity index (χ2n) is 10.2. The largest absolute Gasteiger partial charge is 0.497 e. The lowest BCUT2D eigenvalue weighted by molar-refractivity contribution is 0.0857. The first-order valence-electron chi connectivity index (χ1n) is 13.1. The third kappa shape index (κ3) is 4.04. The molecule has 2 bridgehead atoms. The zero-order valence-corrected chi connectivity index (χ0v) is 22.3. The summed E-state index contributed by atoms with van der Waals surface area (Å²) < 4.78 is 15.4. The van der Waals surface area contributed by atoms with E-state index in [1.807, 2.05) is 48.0 Å². The molecule has 0 saturated heterocycles. The molecule has 2 aromatic heterocycles. The standard InChI is InChI=1S/C30H27N7O3/c1-17-10-18(2)36(33-17)15-19-4-7-23-25(11-19)28-24-8-5-20(13-26(24)29(23)40-28)30(38)31-14-21-12-22(39-3)6-9-27(21)37-16-32-34-35-37/h4-13,16,28-29H,14-15H2,1-3H3,(H,31,38). The number of rotatable bonds is 7. The number of nitrogens with zero attached hydrogens (tertiary/aromatic N) is 6. The van der Waals surface area contributed by atoms with Crippen LogP contribution in [0.5, 0.6) is 5.75 Å². The zero-order chi connectivity index (χ0) is 27.4. The number of methoxy groups -OCH3 is 1. The molecule has 2 unspecified atom stereocenters. The van der Waals surface area contributed by atoms with Gasteiger partial charge in [0.1, 0.15) is 24.3 Å². The Hall–Kier alpha value is -4.83. The molecule has 3 aromatic carbocycles. The minimum Gasteiger partial charge on any atom is -0.497 e. The van der Waals surface area contributed by atoms with Gasteiger partial charge in [0.25, 0.3) is 5.91 Å². The van der Waals surface area contributed by atoms with E-state index in [9.17, 15) is 4.79 Å². The smallest absolute Gasteiger partial charge is 0.251 e. The summed E-state index contributed by atoms with van der Waals surface area (Å²) in [5.74, 6) is 0.514. The molecule has 0 fully saturated rings. The molecule has 1 amide bonds. The van der Waals surface area contributed by atoms with E-state index in [2.05, 4.69) is 57.1 Å². The summed E-state index contributed by atoms with van der Waals surface area (Å²) in [5, 5.41) is 19.1. The Labute approximate surface area is 230 Å². The van der Waals surface area contributed by atoms with Crippen molar-refractivity contribution in [2.24, 2.45) is 0 Å². The Morgan fingerprint density at radius 3 is 2.50 bits per heavy atom. The highest BCUT2D eigenvalue weighted by Gasteiger charge is 2.43. The fourth-order valence-electron chi connectivity index (χ4n) is 5.75. The van der Waals surface area contributed by atoms with Crippen LogP contribution in [0.2, 0.25) is 0 Å². The van der Waals surface area contributed by atoms with E-state index in [-0.39, 0.29) is 24.7 Å². The Bertz CT molecular complexity index is 1760. The van der Waals surface area contributed by atoms with E-state index in [4.69, 9.17) is 9.47 Å². The first-order valence-corrected chi connectivity index (χ1v) is 13.1. The maximum absolute atomic E-state index is 13.2. The number of ether oxygens (including phenoxy) is 2. The van der Waals surface area contributed by atoms with Crippen LogP contribution in [0.25, 0.3) is 5.69 Å². The van der Waals surface area contributed by atoms with Gasteiger partial charge in [0, 0.05) is 23.4 Å². The van der Waals surface area contributed by atoms with Crippen molar-refractivity contribution in [3.05, 3.63) is 117 Å². The Morgan fingerprint density at radius 2 is 1.77 bits per heavy atom. The molecule has 0 aliphatic carbocycles. The topological polar surface area (TPSA) is 109 Å². The fourth-order valence-corrected chi connectivity index (χ4v) is 5.75. The SMILES string of the molecule is COc1ccc(-n2cnnn2)c(CNC(=O)c2ccc3c(c2)C2OC3c3cc(Cn4nc(C)cc4C)ccc32)c1. The molecular formula is C30H27N7O3. The predicted molar refractivity (Wildman–Crippen MR) is 145 cm³/mol. The van der Waals surface area contributed by atoms with Crippen LogP contribution >= 0.6 is 0 Å². The van der Waals surface area contributed by atoms with Gasteiger partial charge in [0.2, 0.25) is 0 Å². The van der Waals surface area contributed by atoms with Crippen LogP contribution in [-0.2, 0) is 17.8 Å². The van der Waals surface area contributed by atoms with Gasteiger partial charge < -0.3 is 14.8 Å². The van der Waals surface area contributed by atoms with E-state index in [1.165, 1.54) is 17.5 Å². The number of amides is 1. The zero-order valence-electron chi connectivity index (χ0n) is 22.3. The second kappa shape index (κ2) is 9.42. The van der Waals surface area contributed by atoms with E-state index in [0.29, 0.717) is 11.3 Å². The normalized spacial score (nSPS) is 16.6. The van der Waals surface area contributed by atoms with Crippen molar-refractivity contribution in [2.45, 2.75) is 39.1 Å². The van der Waals surface area contributed by atoms with Crippen molar-refractivity contribution in [3.8, 4) is 11.4 Å². The number of benzene rings is 3. The summed E-state index contributed by atoms with van der Waals surface area (Å²) >= 11 is 0.